The van der Waals surface area contributed by atoms with Gasteiger partial charge in [-0.2, -0.15) is 0 Å². The molecule has 1 amide bonds. The quantitative estimate of drug-likeness (QED) is 0.373. The van der Waals surface area contributed by atoms with Gasteiger partial charge in [0.25, 0.3) is 5.91 Å². The Balaban J connectivity index is 1.40. The number of carbonyl (C=O) groups excluding carboxylic acids is 1. The van der Waals surface area contributed by atoms with Crippen LogP contribution >= 0.6 is 0 Å². The number of amides is 1. The van der Waals surface area contributed by atoms with Gasteiger partial charge in [-0.05, 0) is 47.9 Å². The van der Waals surface area contributed by atoms with Gasteiger partial charge in [-0.1, -0.05) is 42.5 Å². The van der Waals surface area contributed by atoms with Crippen LogP contribution in [-0.2, 0) is 26.1 Å². The summed E-state index contributed by atoms with van der Waals surface area (Å²) in [5.74, 6) is -0.0962. The average Bonchev–Trinajstić information content (AvgIpc) is 3.31. The van der Waals surface area contributed by atoms with E-state index < -0.39 is 0 Å². The molecule has 34 heavy (non-hydrogen) atoms. The molecule has 0 bridgehead atoms. The highest BCUT2D eigenvalue weighted by atomic mass is 19.1. The van der Waals surface area contributed by atoms with E-state index in [0.717, 1.165) is 11.3 Å². The molecular weight excluding hydrogens is 431 g/mol. The first-order chi connectivity index (χ1) is 16.6. The summed E-state index contributed by atoms with van der Waals surface area (Å²) in [7, 11) is 0. The van der Waals surface area contributed by atoms with Crippen molar-refractivity contribution < 1.29 is 13.6 Å². The van der Waals surface area contributed by atoms with E-state index in [9.17, 15) is 9.18 Å². The number of aromatic nitrogens is 2. The van der Waals surface area contributed by atoms with Crippen LogP contribution in [0, 0.1) is 12.7 Å². The third kappa shape index (κ3) is 6.59. The number of aryl methyl sites for hydroxylation is 1. The maximum absolute atomic E-state index is 13.4. The Morgan fingerprint density at radius 1 is 1.00 bits per heavy atom. The van der Waals surface area contributed by atoms with E-state index in [0.29, 0.717) is 38.5 Å². The second-order valence-corrected chi connectivity index (χ2v) is 8.15. The van der Waals surface area contributed by atoms with E-state index in [4.69, 9.17) is 4.42 Å². The maximum Gasteiger partial charge on any atom is 0.273 e. The summed E-state index contributed by atoms with van der Waals surface area (Å²) in [5, 5.41) is 2.86. The first-order valence-corrected chi connectivity index (χ1v) is 11.2. The molecule has 6 nitrogen and oxygen atoms in total. The smallest absolute Gasteiger partial charge is 0.273 e. The third-order valence-corrected chi connectivity index (χ3v) is 5.51. The third-order valence-electron chi connectivity index (χ3n) is 5.51. The van der Waals surface area contributed by atoms with Gasteiger partial charge in [0.15, 0.2) is 5.69 Å². The van der Waals surface area contributed by atoms with Crippen molar-refractivity contribution in [2.24, 2.45) is 0 Å². The fourth-order valence-electron chi connectivity index (χ4n) is 3.66. The monoisotopic (exact) mass is 458 g/mol. The predicted octanol–water partition coefficient (Wildman–Crippen LogP) is 4.69. The van der Waals surface area contributed by atoms with Gasteiger partial charge in [-0.15, -0.1) is 0 Å². The summed E-state index contributed by atoms with van der Waals surface area (Å²) in [4.78, 5) is 23.3. The Kier molecular flexibility index (Phi) is 7.78. The van der Waals surface area contributed by atoms with Crippen LogP contribution in [-0.4, -0.2) is 27.3 Å². The minimum atomic E-state index is -0.282. The lowest BCUT2D eigenvalue weighted by Crippen LogP contribution is -2.26. The molecule has 0 unspecified atom stereocenters. The van der Waals surface area contributed by atoms with Gasteiger partial charge in [0.05, 0.1) is 6.54 Å². The number of halogens is 1. The molecule has 7 heteroatoms. The van der Waals surface area contributed by atoms with Crippen LogP contribution < -0.4 is 5.32 Å². The van der Waals surface area contributed by atoms with Crippen LogP contribution in [0.4, 0.5) is 4.39 Å². The number of rotatable bonds is 10. The second kappa shape index (κ2) is 11.3. The van der Waals surface area contributed by atoms with Crippen LogP contribution in [0.15, 0.2) is 83.6 Å². The second-order valence-electron chi connectivity index (χ2n) is 8.15. The molecule has 0 saturated carbocycles. The molecule has 174 valence electrons. The first-order valence-electron chi connectivity index (χ1n) is 11.2. The van der Waals surface area contributed by atoms with Gasteiger partial charge in [-0.25, -0.2) is 9.37 Å². The minimum absolute atomic E-state index is 0.244. The number of hydrogen-bond acceptors (Lipinski definition) is 5. The zero-order valence-corrected chi connectivity index (χ0v) is 19.1. The molecule has 4 aromatic rings. The number of hydrogen-bond donors (Lipinski definition) is 1. The number of pyridine rings is 1. The molecule has 0 atom stereocenters. The summed E-state index contributed by atoms with van der Waals surface area (Å²) in [6, 6.07) is 20.3. The number of oxazole rings is 1. The summed E-state index contributed by atoms with van der Waals surface area (Å²) >= 11 is 0. The highest BCUT2D eigenvalue weighted by Crippen LogP contribution is 2.17. The van der Waals surface area contributed by atoms with E-state index in [1.54, 1.807) is 18.3 Å². The molecule has 0 saturated heterocycles. The topological polar surface area (TPSA) is 71.3 Å². The molecule has 1 N–H and O–H groups in total. The van der Waals surface area contributed by atoms with Crippen LogP contribution in [0.3, 0.4) is 0 Å². The number of nitrogens with zero attached hydrogens (tertiary/aromatic N) is 3. The van der Waals surface area contributed by atoms with Gasteiger partial charge >= 0.3 is 0 Å². The average molecular weight is 459 g/mol. The van der Waals surface area contributed by atoms with Crippen LogP contribution in [0.5, 0.6) is 0 Å². The SMILES string of the molecule is Cc1ccccc1CN(Cc1ccc(F)cc1)Cc1nc(C(=O)NCCc2ccccn2)co1. The molecule has 0 aliphatic carbocycles. The molecule has 2 aromatic heterocycles. The Labute approximate surface area is 198 Å². The molecule has 2 heterocycles. The fourth-order valence-corrected chi connectivity index (χ4v) is 3.66. The maximum atomic E-state index is 13.4. The zero-order chi connectivity index (χ0) is 23.8. The number of carbonyl (C=O) groups is 1. The largest absolute Gasteiger partial charge is 0.447 e. The highest BCUT2D eigenvalue weighted by Gasteiger charge is 2.16. The number of benzene rings is 2. The molecule has 0 fully saturated rings. The van der Waals surface area contributed by atoms with Crippen LogP contribution in [0.1, 0.15) is 38.8 Å². The van der Waals surface area contributed by atoms with Gasteiger partial charge < -0.3 is 9.73 Å². The van der Waals surface area contributed by atoms with Crippen LogP contribution in [0.25, 0.3) is 0 Å². The highest BCUT2D eigenvalue weighted by molar-refractivity contribution is 5.91. The lowest BCUT2D eigenvalue weighted by atomic mass is 10.1. The van der Waals surface area contributed by atoms with Gasteiger partial charge in [-0.3, -0.25) is 14.7 Å². The molecule has 2 aromatic carbocycles. The normalized spacial score (nSPS) is 11.0. The minimum Gasteiger partial charge on any atom is -0.447 e. The van der Waals surface area contributed by atoms with E-state index in [1.165, 1.54) is 29.5 Å². The Morgan fingerprint density at radius 3 is 2.56 bits per heavy atom. The van der Waals surface area contributed by atoms with Crippen molar-refractivity contribution in [1.82, 2.24) is 20.2 Å². The fraction of sp³-hybridized carbons (Fsp3) is 0.222. The lowest BCUT2D eigenvalue weighted by Gasteiger charge is -2.22. The summed E-state index contributed by atoms with van der Waals surface area (Å²) in [5.41, 5.74) is 4.51. The van der Waals surface area contributed by atoms with Gasteiger partial charge in [0, 0.05) is 37.9 Å². The first kappa shape index (κ1) is 23.3. The molecule has 0 aliphatic rings. The predicted molar refractivity (Wildman–Crippen MR) is 127 cm³/mol. The van der Waals surface area contributed by atoms with Gasteiger partial charge in [0.2, 0.25) is 5.89 Å². The van der Waals surface area contributed by atoms with Crippen molar-refractivity contribution >= 4 is 5.91 Å². The van der Waals surface area contributed by atoms with Crippen LogP contribution in [0.2, 0.25) is 0 Å². The number of nitrogens with one attached hydrogen (secondary N) is 1. The molecule has 0 spiro atoms. The molecular formula is C27H27FN4O2. The van der Waals surface area contributed by atoms with E-state index in [-0.39, 0.29) is 17.4 Å². The summed E-state index contributed by atoms with van der Waals surface area (Å²) in [6.45, 7) is 4.19. The Bertz CT molecular complexity index is 1210. The molecule has 0 aliphatic heterocycles. The summed E-state index contributed by atoms with van der Waals surface area (Å²) < 4.78 is 19.0. The Morgan fingerprint density at radius 2 is 1.79 bits per heavy atom. The molecule has 0 radical (unpaired) electrons. The standard InChI is InChI=1S/C27H27FN4O2/c1-20-6-2-3-7-22(20)17-32(16-21-9-11-23(28)12-10-21)18-26-31-25(19-34-26)27(33)30-15-13-24-8-4-5-14-29-24/h2-12,14,19H,13,15-18H2,1H3,(H,30,33). The van der Waals surface area contributed by atoms with Crippen molar-refractivity contribution in [3.05, 3.63) is 119 Å². The van der Waals surface area contributed by atoms with E-state index >= 15 is 0 Å². The van der Waals surface area contributed by atoms with E-state index in [2.05, 4.69) is 39.2 Å². The van der Waals surface area contributed by atoms with Gasteiger partial charge in [0.1, 0.15) is 12.1 Å². The Hall–Kier alpha value is -3.84. The lowest BCUT2D eigenvalue weighted by molar-refractivity contribution is 0.0949. The zero-order valence-electron chi connectivity index (χ0n) is 19.1. The van der Waals surface area contributed by atoms with Crippen molar-refractivity contribution in [2.75, 3.05) is 6.54 Å². The van der Waals surface area contributed by atoms with E-state index in [1.807, 2.05) is 30.3 Å². The van der Waals surface area contributed by atoms with Crippen molar-refractivity contribution in [2.45, 2.75) is 33.0 Å². The molecule has 4 rings (SSSR count). The van der Waals surface area contributed by atoms with Crippen molar-refractivity contribution in [3.8, 4) is 0 Å². The van der Waals surface area contributed by atoms with Crippen molar-refractivity contribution in [1.29, 1.82) is 0 Å². The van der Waals surface area contributed by atoms with Crippen molar-refractivity contribution in [3.63, 3.8) is 0 Å². The summed E-state index contributed by atoms with van der Waals surface area (Å²) in [6.07, 6.45) is 3.75.